The minimum Gasteiger partial charge on any atom is -0.465 e. The van der Waals surface area contributed by atoms with E-state index in [4.69, 9.17) is 4.52 Å². The van der Waals surface area contributed by atoms with Crippen molar-refractivity contribution in [1.29, 1.82) is 0 Å². The standard InChI is InChI=1S/C17H11F2NO3/c1-22-17(21)11-4-2-10(3-5-11)16-9-15(20-23-16)13-7-6-12(18)8-14(13)19/h2-9H,1H3. The van der Waals surface area contributed by atoms with E-state index >= 15 is 0 Å². The zero-order valence-electron chi connectivity index (χ0n) is 12.0. The molecule has 0 saturated heterocycles. The molecule has 4 nitrogen and oxygen atoms in total. The predicted molar refractivity (Wildman–Crippen MR) is 78.6 cm³/mol. The molecule has 0 aliphatic heterocycles. The topological polar surface area (TPSA) is 52.3 Å². The molecule has 0 atom stereocenters. The Labute approximate surface area is 130 Å². The van der Waals surface area contributed by atoms with Gasteiger partial charge < -0.3 is 9.26 Å². The summed E-state index contributed by atoms with van der Waals surface area (Å²) in [5, 5.41) is 3.80. The summed E-state index contributed by atoms with van der Waals surface area (Å²) < 4.78 is 36.5. The molecule has 116 valence electrons. The molecule has 0 radical (unpaired) electrons. The molecule has 0 spiro atoms. The highest BCUT2D eigenvalue weighted by molar-refractivity contribution is 5.89. The minimum absolute atomic E-state index is 0.146. The van der Waals surface area contributed by atoms with E-state index < -0.39 is 17.6 Å². The maximum Gasteiger partial charge on any atom is 0.337 e. The molecule has 0 fully saturated rings. The smallest absolute Gasteiger partial charge is 0.337 e. The second kappa shape index (κ2) is 6.00. The van der Waals surface area contributed by atoms with Crippen molar-refractivity contribution >= 4 is 5.97 Å². The van der Waals surface area contributed by atoms with Crippen molar-refractivity contribution in [3.8, 4) is 22.6 Å². The number of hydrogen-bond acceptors (Lipinski definition) is 4. The Morgan fingerprint density at radius 1 is 1.09 bits per heavy atom. The molecule has 0 saturated carbocycles. The van der Waals surface area contributed by atoms with Crippen LogP contribution in [-0.4, -0.2) is 18.2 Å². The number of hydrogen-bond donors (Lipinski definition) is 0. The van der Waals surface area contributed by atoms with E-state index in [1.807, 2.05) is 0 Å². The Bertz CT molecular complexity index is 857. The molecule has 0 aliphatic rings. The first-order valence-corrected chi connectivity index (χ1v) is 6.69. The molecular formula is C17H11F2NO3. The summed E-state index contributed by atoms with van der Waals surface area (Å²) in [7, 11) is 1.30. The van der Waals surface area contributed by atoms with Gasteiger partial charge in [-0.1, -0.05) is 17.3 Å². The Morgan fingerprint density at radius 2 is 1.83 bits per heavy atom. The maximum absolute atomic E-state index is 13.8. The van der Waals surface area contributed by atoms with Gasteiger partial charge in [0.1, 0.15) is 17.3 Å². The van der Waals surface area contributed by atoms with Gasteiger partial charge >= 0.3 is 5.97 Å². The Hall–Kier alpha value is -3.02. The molecule has 0 aliphatic carbocycles. The van der Waals surface area contributed by atoms with E-state index in [2.05, 4.69) is 9.89 Å². The number of rotatable bonds is 3. The number of carbonyl (C=O) groups is 1. The van der Waals surface area contributed by atoms with Gasteiger partial charge in [-0.05, 0) is 24.3 Å². The molecule has 2 aromatic carbocycles. The molecule has 3 aromatic rings. The average molecular weight is 315 g/mol. The summed E-state index contributed by atoms with van der Waals surface area (Å²) in [4.78, 5) is 11.4. The highest BCUT2D eigenvalue weighted by atomic mass is 19.1. The van der Waals surface area contributed by atoms with Gasteiger partial charge in [-0.2, -0.15) is 0 Å². The van der Waals surface area contributed by atoms with E-state index in [-0.39, 0.29) is 11.3 Å². The number of methoxy groups -OCH3 is 1. The van der Waals surface area contributed by atoms with Crippen LogP contribution in [0.15, 0.2) is 53.1 Å². The van der Waals surface area contributed by atoms with Crippen LogP contribution in [0.2, 0.25) is 0 Å². The molecule has 23 heavy (non-hydrogen) atoms. The lowest BCUT2D eigenvalue weighted by Crippen LogP contribution is -2.00. The molecule has 1 heterocycles. The third-order valence-electron chi connectivity index (χ3n) is 3.31. The van der Waals surface area contributed by atoms with E-state index in [0.29, 0.717) is 16.9 Å². The monoisotopic (exact) mass is 315 g/mol. The van der Waals surface area contributed by atoms with Crippen LogP contribution < -0.4 is 0 Å². The molecule has 0 unspecified atom stereocenters. The fourth-order valence-electron chi connectivity index (χ4n) is 2.12. The van der Waals surface area contributed by atoms with Crippen molar-refractivity contribution in [1.82, 2.24) is 5.16 Å². The van der Waals surface area contributed by atoms with E-state index in [9.17, 15) is 13.6 Å². The quantitative estimate of drug-likeness (QED) is 0.684. The minimum atomic E-state index is -0.717. The average Bonchev–Trinajstić information content (AvgIpc) is 3.04. The van der Waals surface area contributed by atoms with Crippen molar-refractivity contribution in [3.05, 3.63) is 65.7 Å². The third kappa shape index (κ3) is 2.96. The van der Waals surface area contributed by atoms with Crippen LogP contribution in [0.5, 0.6) is 0 Å². The molecule has 6 heteroatoms. The normalized spacial score (nSPS) is 10.6. The molecule has 1 aromatic heterocycles. The van der Waals surface area contributed by atoms with Gasteiger partial charge in [-0.25, -0.2) is 13.6 Å². The van der Waals surface area contributed by atoms with Crippen molar-refractivity contribution < 1.29 is 22.8 Å². The zero-order chi connectivity index (χ0) is 16.4. The van der Waals surface area contributed by atoms with Gasteiger partial charge in [0.05, 0.1) is 12.7 Å². The van der Waals surface area contributed by atoms with Crippen molar-refractivity contribution in [2.45, 2.75) is 0 Å². The Morgan fingerprint density at radius 3 is 2.48 bits per heavy atom. The number of carbonyl (C=O) groups excluding carboxylic acids is 1. The molecular weight excluding hydrogens is 304 g/mol. The largest absolute Gasteiger partial charge is 0.465 e. The number of halogens is 2. The first kappa shape index (κ1) is 14.9. The predicted octanol–water partition coefficient (Wildman–Crippen LogP) is 4.07. The van der Waals surface area contributed by atoms with Crippen molar-refractivity contribution in [2.24, 2.45) is 0 Å². The summed E-state index contributed by atoms with van der Waals surface area (Å²) in [5.74, 6) is -1.41. The molecule has 0 bridgehead atoms. The SMILES string of the molecule is COC(=O)c1ccc(-c2cc(-c3ccc(F)cc3F)no2)cc1. The molecule has 0 N–H and O–H groups in total. The fourth-order valence-corrected chi connectivity index (χ4v) is 2.12. The van der Waals surface area contributed by atoms with Crippen molar-refractivity contribution in [3.63, 3.8) is 0 Å². The van der Waals surface area contributed by atoms with E-state index in [1.54, 1.807) is 30.3 Å². The first-order valence-electron chi connectivity index (χ1n) is 6.69. The van der Waals surface area contributed by atoms with E-state index in [1.165, 1.54) is 13.2 Å². The van der Waals surface area contributed by atoms with Crippen LogP contribution in [0, 0.1) is 11.6 Å². The van der Waals surface area contributed by atoms with Crippen LogP contribution in [0.3, 0.4) is 0 Å². The summed E-state index contributed by atoms with van der Waals surface area (Å²) in [6.45, 7) is 0. The number of esters is 1. The highest BCUT2D eigenvalue weighted by Gasteiger charge is 2.13. The summed E-state index contributed by atoms with van der Waals surface area (Å²) in [6, 6.07) is 11.3. The van der Waals surface area contributed by atoms with Crippen LogP contribution in [-0.2, 0) is 4.74 Å². The lowest BCUT2D eigenvalue weighted by molar-refractivity contribution is 0.0600. The van der Waals surface area contributed by atoms with Crippen LogP contribution in [0.25, 0.3) is 22.6 Å². The lowest BCUT2D eigenvalue weighted by atomic mass is 10.1. The van der Waals surface area contributed by atoms with Gasteiger partial charge in [-0.15, -0.1) is 0 Å². The van der Waals surface area contributed by atoms with E-state index in [0.717, 1.165) is 12.1 Å². The van der Waals surface area contributed by atoms with Gasteiger partial charge in [0.2, 0.25) is 0 Å². The summed E-state index contributed by atoms with van der Waals surface area (Å²) in [5.41, 5.74) is 1.47. The van der Waals surface area contributed by atoms with Gasteiger partial charge in [0, 0.05) is 23.3 Å². The summed E-state index contributed by atoms with van der Waals surface area (Å²) in [6.07, 6.45) is 0. The first-order chi connectivity index (χ1) is 11.1. The zero-order valence-corrected chi connectivity index (χ0v) is 12.0. The third-order valence-corrected chi connectivity index (χ3v) is 3.31. The van der Waals surface area contributed by atoms with Crippen LogP contribution >= 0.6 is 0 Å². The number of nitrogens with zero attached hydrogens (tertiary/aromatic N) is 1. The maximum atomic E-state index is 13.8. The Balaban J connectivity index is 1.91. The number of ether oxygens (including phenoxy) is 1. The highest BCUT2D eigenvalue weighted by Crippen LogP contribution is 2.28. The molecule has 0 amide bonds. The second-order valence-electron chi connectivity index (χ2n) is 4.77. The summed E-state index contributed by atoms with van der Waals surface area (Å²) >= 11 is 0. The number of aromatic nitrogens is 1. The van der Waals surface area contributed by atoms with Crippen molar-refractivity contribution in [2.75, 3.05) is 7.11 Å². The Kier molecular flexibility index (Phi) is 3.89. The molecule has 3 rings (SSSR count). The van der Waals surface area contributed by atoms with Crippen LogP contribution in [0.1, 0.15) is 10.4 Å². The lowest BCUT2D eigenvalue weighted by Gasteiger charge is -2.00. The van der Waals surface area contributed by atoms with Crippen LogP contribution in [0.4, 0.5) is 8.78 Å². The fraction of sp³-hybridized carbons (Fsp3) is 0.0588. The van der Waals surface area contributed by atoms with Gasteiger partial charge in [0.15, 0.2) is 5.76 Å². The second-order valence-corrected chi connectivity index (χ2v) is 4.77. The van der Waals surface area contributed by atoms with Gasteiger partial charge in [0.25, 0.3) is 0 Å². The van der Waals surface area contributed by atoms with Gasteiger partial charge in [-0.3, -0.25) is 0 Å². The number of benzene rings is 2.